The smallest absolute Gasteiger partial charge is 0.352 e. The Bertz CT molecular complexity index is 1200. The van der Waals surface area contributed by atoms with Gasteiger partial charge in [0.15, 0.2) is 0 Å². The summed E-state index contributed by atoms with van der Waals surface area (Å²) in [7, 11) is 1.53. The Labute approximate surface area is 184 Å². The fraction of sp³-hybridized carbons (Fsp3) is 0.273. The Balaban J connectivity index is 2.15. The van der Waals surface area contributed by atoms with Gasteiger partial charge < -0.3 is 10.1 Å². The van der Waals surface area contributed by atoms with Crippen LogP contribution in [0.1, 0.15) is 29.9 Å². The van der Waals surface area contributed by atoms with E-state index in [2.05, 4.69) is 10.4 Å². The molecule has 1 amide bonds. The van der Waals surface area contributed by atoms with E-state index >= 15 is 0 Å². The third kappa shape index (κ3) is 5.21. The van der Waals surface area contributed by atoms with Gasteiger partial charge in [0.1, 0.15) is 5.75 Å². The van der Waals surface area contributed by atoms with Crippen molar-refractivity contribution < 1.29 is 9.53 Å². The quantitative estimate of drug-likeness (QED) is 0.606. The van der Waals surface area contributed by atoms with Crippen LogP contribution in [0.3, 0.4) is 0 Å². The lowest BCUT2D eigenvalue weighted by Crippen LogP contribution is -2.46. The molecule has 3 rings (SSSR count). The number of ether oxygens (including phenoxy) is 1. The molecule has 0 radical (unpaired) electrons. The van der Waals surface area contributed by atoms with Crippen LogP contribution in [0, 0.1) is 5.92 Å². The minimum absolute atomic E-state index is 0.0462. The maximum atomic E-state index is 13.1. The van der Waals surface area contributed by atoms with Crippen LogP contribution in [0.2, 0.25) is 5.02 Å². The van der Waals surface area contributed by atoms with Gasteiger partial charge in [0.2, 0.25) is 5.69 Å². The van der Waals surface area contributed by atoms with E-state index in [4.69, 9.17) is 16.3 Å². The van der Waals surface area contributed by atoms with Crippen LogP contribution in [0.25, 0.3) is 5.69 Å². The van der Waals surface area contributed by atoms with E-state index in [-0.39, 0.29) is 18.2 Å². The number of methoxy groups -OCH3 is 1. The molecule has 0 aliphatic carbocycles. The standard InChI is InChI=1S/C22H23ClN4O4/c1-14(2)12-24-20(28)19-21(29)26(13-15-5-4-6-18(11-15)31-3)22(30)27(25-19)17-9-7-16(23)8-10-17/h4-11,14H,12-13H2,1-3H3,(H,24,28). The van der Waals surface area contributed by atoms with Gasteiger partial charge in [-0.15, -0.1) is 0 Å². The van der Waals surface area contributed by atoms with Crippen LogP contribution in [-0.2, 0) is 6.54 Å². The van der Waals surface area contributed by atoms with Gasteiger partial charge in [0.25, 0.3) is 11.5 Å². The number of hydrogen-bond acceptors (Lipinski definition) is 5. The molecule has 0 unspecified atom stereocenters. The van der Waals surface area contributed by atoms with E-state index in [1.165, 1.54) is 7.11 Å². The predicted molar refractivity (Wildman–Crippen MR) is 118 cm³/mol. The summed E-state index contributed by atoms with van der Waals surface area (Å²) in [4.78, 5) is 38.9. The molecule has 8 nitrogen and oxygen atoms in total. The third-order valence-electron chi connectivity index (χ3n) is 4.49. The number of amides is 1. The number of carbonyl (C=O) groups excluding carboxylic acids is 1. The summed E-state index contributed by atoms with van der Waals surface area (Å²) in [6.45, 7) is 4.19. The van der Waals surface area contributed by atoms with Gasteiger partial charge in [-0.05, 0) is 47.9 Å². The molecule has 31 heavy (non-hydrogen) atoms. The molecule has 0 bridgehead atoms. The van der Waals surface area contributed by atoms with E-state index < -0.39 is 17.2 Å². The van der Waals surface area contributed by atoms with Crippen LogP contribution in [0.15, 0.2) is 58.1 Å². The minimum Gasteiger partial charge on any atom is -0.497 e. The second kappa shape index (κ2) is 9.61. The lowest BCUT2D eigenvalue weighted by Gasteiger charge is -2.13. The zero-order chi connectivity index (χ0) is 22.5. The molecular formula is C22H23ClN4O4. The highest BCUT2D eigenvalue weighted by Gasteiger charge is 2.20. The van der Waals surface area contributed by atoms with Crippen molar-refractivity contribution in [1.29, 1.82) is 0 Å². The number of benzene rings is 2. The lowest BCUT2D eigenvalue weighted by atomic mass is 10.2. The average molecular weight is 443 g/mol. The SMILES string of the molecule is COc1cccc(Cn2c(=O)c(C(=O)NCC(C)C)nn(-c3ccc(Cl)cc3)c2=O)c1. The molecule has 0 saturated heterocycles. The first-order valence-corrected chi connectivity index (χ1v) is 10.1. The van der Waals surface area contributed by atoms with Gasteiger partial charge >= 0.3 is 5.69 Å². The van der Waals surface area contributed by atoms with E-state index in [0.29, 0.717) is 28.6 Å². The summed E-state index contributed by atoms with van der Waals surface area (Å²) in [6, 6.07) is 13.4. The minimum atomic E-state index is -0.765. The van der Waals surface area contributed by atoms with E-state index in [1.807, 2.05) is 13.8 Å². The fourth-order valence-electron chi connectivity index (χ4n) is 2.88. The fourth-order valence-corrected chi connectivity index (χ4v) is 3.01. The highest BCUT2D eigenvalue weighted by molar-refractivity contribution is 6.30. The maximum Gasteiger partial charge on any atom is 0.352 e. The zero-order valence-corrected chi connectivity index (χ0v) is 18.2. The van der Waals surface area contributed by atoms with Crippen molar-refractivity contribution >= 4 is 17.5 Å². The van der Waals surface area contributed by atoms with Gasteiger partial charge in [-0.2, -0.15) is 9.78 Å². The van der Waals surface area contributed by atoms with Crippen molar-refractivity contribution in [3.63, 3.8) is 0 Å². The van der Waals surface area contributed by atoms with Gasteiger partial charge in [0.05, 0.1) is 19.3 Å². The van der Waals surface area contributed by atoms with Crippen LogP contribution in [-0.4, -0.2) is 33.9 Å². The molecule has 9 heteroatoms. The highest BCUT2D eigenvalue weighted by Crippen LogP contribution is 2.13. The molecule has 0 fully saturated rings. The first-order valence-electron chi connectivity index (χ1n) is 9.71. The van der Waals surface area contributed by atoms with Crippen LogP contribution < -0.4 is 21.3 Å². The monoisotopic (exact) mass is 442 g/mol. The average Bonchev–Trinajstić information content (AvgIpc) is 2.76. The summed E-state index contributed by atoms with van der Waals surface area (Å²) in [5.41, 5.74) is -0.749. The maximum absolute atomic E-state index is 13.1. The number of carbonyl (C=O) groups is 1. The van der Waals surface area contributed by atoms with Gasteiger partial charge in [-0.3, -0.25) is 14.2 Å². The van der Waals surface area contributed by atoms with Crippen molar-refractivity contribution in [1.82, 2.24) is 19.7 Å². The van der Waals surface area contributed by atoms with Crippen LogP contribution >= 0.6 is 11.6 Å². The Hall–Kier alpha value is -3.39. The van der Waals surface area contributed by atoms with Crippen molar-refractivity contribution in [2.45, 2.75) is 20.4 Å². The molecule has 0 spiro atoms. The Morgan fingerprint density at radius 2 is 1.87 bits per heavy atom. The van der Waals surface area contributed by atoms with Crippen LogP contribution in [0.5, 0.6) is 5.75 Å². The Kier molecular flexibility index (Phi) is 6.91. The summed E-state index contributed by atoms with van der Waals surface area (Å²) in [5, 5.41) is 7.24. The van der Waals surface area contributed by atoms with Crippen LogP contribution in [0.4, 0.5) is 0 Å². The second-order valence-electron chi connectivity index (χ2n) is 7.37. The molecule has 0 aliphatic heterocycles. The van der Waals surface area contributed by atoms with Gasteiger partial charge in [-0.25, -0.2) is 4.79 Å². The first kappa shape index (κ1) is 22.3. The molecule has 0 atom stereocenters. The number of nitrogens with one attached hydrogen (secondary N) is 1. The highest BCUT2D eigenvalue weighted by atomic mass is 35.5. The van der Waals surface area contributed by atoms with Crippen molar-refractivity contribution in [2.75, 3.05) is 13.7 Å². The van der Waals surface area contributed by atoms with Gasteiger partial charge in [-0.1, -0.05) is 37.6 Å². The molecule has 0 saturated carbocycles. The number of nitrogens with zero attached hydrogens (tertiary/aromatic N) is 3. The molecule has 162 valence electrons. The summed E-state index contributed by atoms with van der Waals surface area (Å²) in [6.07, 6.45) is 0. The van der Waals surface area contributed by atoms with Crippen molar-refractivity contribution in [3.05, 3.63) is 85.6 Å². The second-order valence-corrected chi connectivity index (χ2v) is 7.80. The molecule has 3 aromatic rings. The van der Waals surface area contributed by atoms with Crippen molar-refractivity contribution in [2.24, 2.45) is 5.92 Å². The Morgan fingerprint density at radius 1 is 1.16 bits per heavy atom. The molecule has 0 aliphatic rings. The summed E-state index contributed by atoms with van der Waals surface area (Å²) in [5.74, 6) is 0.137. The number of hydrogen-bond donors (Lipinski definition) is 1. The zero-order valence-electron chi connectivity index (χ0n) is 17.5. The molecule has 1 heterocycles. The van der Waals surface area contributed by atoms with E-state index in [0.717, 1.165) is 9.25 Å². The topological polar surface area (TPSA) is 95.2 Å². The van der Waals surface area contributed by atoms with Crippen molar-refractivity contribution in [3.8, 4) is 11.4 Å². The summed E-state index contributed by atoms with van der Waals surface area (Å²) < 4.78 is 7.23. The largest absolute Gasteiger partial charge is 0.497 e. The number of rotatable bonds is 7. The lowest BCUT2D eigenvalue weighted by molar-refractivity contribution is 0.0939. The Morgan fingerprint density at radius 3 is 2.52 bits per heavy atom. The predicted octanol–water partition coefficient (Wildman–Crippen LogP) is 2.49. The third-order valence-corrected chi connectivity index (χ3v) is 4.74. The first-order chi connectivity index (χ1) is 14.8. The molecule has 2 aromatic carbocycles. The molecule has 1 aromatic heterocycles. The number of halogens is 1. The van der Waals surface area contributed by atoms with E-state index in [1.54, 1.807) is 48.5 Å². The molecular weight excluding hydrogens is 420 g/mol. The number of aromatic nitrogens is 3. The van der Waals surface area contributed by atoms with E-state index in [9.17, 15) is 14.4 Å². The summed E-state index contributed by atoms with van der Waals surface area (Å²) >= 11 is 5.94. The molecule has 1 N–H and O–H groups in total. The normalized spacial score (nSPS) is 10.9. The van der Waals surface area contributed by atoms with Gasteiger partial charge in [0, 0.05) is 11.6 Å².